The molecule has 0 bridgehead atoms. The minimum absolute atomic E-state index is 0.127. The molecule has 0 atom stereocenters. The van der Waals surface area contributed by atoms with Crippen molar-refractivity contribution in [3.05, 3.63) is 34.8 Å². The van der Waals surface area contributed by atoms with Crippen LogP contribution in [0.15, 0.2) is 12.3 Å². The number of carbonyl (C=O) groups is 1. The second-order valence-corrected chi connectivity index (χ2v) is 6.40. The molecule has 0 saturated heterocycles. The molecular formula is C17H21N5O. The fourth-order valence-electron chi connectivity index (χ4n) is 3.56. The van der Waals surface area contributed by atoms with Gasteiger partial charge in [-0.3, -0.25) is 14.9 Å². The Balaban J connectivity index is 1.75. The number of hydrogen-bond acceptors (Lipinski definition) is 4. The monoisotopic (exact) mass is 311 g/mol. The number of pyridine rings is 1. The fraction of sp³-hybridized carbons (Fsp3) is 0.471. The number of nitrogens with one attached hydrogen (secondary N) is 1. The van der Waals surface area contributed by atoms with Gasteiger partial charge < -0.3 is 9.80 Å². The molecule has 6 heteroatoms. The van der Waals surface area contributed by atoms with Gasteiger partial charge in [0.2, 0.25) is 5.91 Å². The predicted octanol–water partition coefficient (Wildman–Crippen LogP) is 2.10. The van der Waals surface area contributed by atoms with Gasteiger partial charge in [0.05, 0.1) is 6.54 Å². The van der Waals surface area contributed by atoms with Crippen LogP contribution in [0.4, 0.5) is 11.5 Å². The van der Waals surface area contributed by atoms with E-state index in [4.69, 9.17) is 0 Å². The summed E-state index contributed by atoms with van der Waals surface area (Å²) in [6.45, 7) is 6.02. The number of nitrogens with zero attached hydrogens (tertiary/aromatic N) is 4. The van der Waals surface area contributed by atoms with Gasteiger partial charge in [-0.2, -0.15) is 5.10 Å². The van der Waals surface area contributed by atoms with E-state index in [1.807, 2.05) is 18.0 Å². The largest absolute Gasteiger partial charge is 0.338 e. The van der Waals surface area contributed by atoms with Gasteiger partial charge in [-0.05, 0) is 31.4 Å². The zero-order valence-corrected chi connectivity index (χ0v) is 13.6. The molecule has 6 nitrogen and oxygen atoms in total. The van der Waals surface area contributed by atoms with Crippen LogP contribution in [0.25, 0.3) is 0 Å². The molecule has 1 N–H and O–H groups in total. The lowest BCUT2D eigenvalue weighted by atomic mass is 10.0. The third kappa shape index (κ3) is 2.38. The standard InChI is InChI=1S/C17H21N5O/c1-11-8-16-13(9-18-11)4-3-6-22(16)17-14-10-21(12(2)23)7-5-15(14)19-20-17/h8-9H,3-7,10H2,1-2H3,(H,19,20). The highest BCUT2D eigenvalue weighted by molar-refractivity contribution is 5.75. The van der Waals surface area contributed by atoms with Crippen molar-refractivity contribution in [1.82, 2.24) is 20.1 Å². The van der Waals surface area contributed by atoms with Gasteiger partial charge in [0, 0.05) is 55.3 Å². The molecule has 2 aliphatic rings. The lowest BCUT2D eigenvalue weighted by molar-refractivity contribution is -0.129. The number of fused-ring (bicyclic) bond motifs is 2. The zero-order valence-electron chi connectivity index (χ0n) is 13.6. The maximum Gasteiger partial charge on any atom is 0.219 e. The molecular weight excluding hydrogens is 290 g/mol. The highest BCUT2D eigenvalue weighted by Gasteiger charge is 2.28. The van der Waals surface area contributed by atoms with Crippen LogP contribution < -0.4 is 4.90 Å². The molecule has 0 fully saturated rings. The molecule has 2 aromatic rings. The zero-order chi connectivity index (χ0) is 16.0. The van der Waals surface area contributed by atoms with Crippen LogP contribution in [0.2, 0.25) is 0 Å². The molecule has 2 aromatic heterocycles. The highest BCUT2D eigenvalue weighted by atomic mass is 16.2. The van der Waals surface area contributed by atoms with Crippen molar-refractivity contribution in [2.75, 3.05) is 18.0 Å². The highest BCUT2D eigenvalue weighted by Crippen LogP contribution is 2.36. The van der Waals surface area contributed by atoms with E-state index in [1.165, 1.54) is 11.3 Å². The third-order valence-corrected chi connectivity index (χ3v) is 4.83. The summed E-state index contributed by atoms with van der Waals surface area (Å²) in [7, 11) is 0. The van der Waals surface area contributed by atoms with E-state index in [9.17, 15) is 4.79 Å². The van der Waals surface area contributed by atoms with Crippen LogP contribution in [0, 0.1) is 6.92 Å². The molecule has 23 heavy (non-hydrogen) atoms. The first-order chi connectivity index (χ1) is 11.1. The van der Waals surface area contributed by atoms with Gasteiger partial charge in [-0.25, -0.2) is 0 Å². The first kappa shape index (κ1) is 14.2. The summed E-state index contributed by atoms with van der Waals surface area (Å²) in [5.41, 5.74) is 5.82. The minimum atomic E-state index is 0.127. The Morgan fingerprint density at radius 1 is 1.30 bits per heavy atom. The number of anilines is 2. The average Bonchev–Trinajstić information content (AvgIpc) is 2.97. The Hall–Kier alpha value is -2.37. The minimum Gasteiger partial charge on any atom is -0.338 e. The summed E-state index contributed by atoms with van der Waals surface area (Å²) in [5.74, 6) is 1.10. The van der Waals surface area contributed by atoms with E-state index in [2.05, 4.69) is 26.1 Å². The Bertz CT molecular complexity index is 766. The first-order valence-electron chi connectivity index (χ1n) is 8.18. The van der Waals surface area contributed by atoms with Crippen molar-refractivity contribution in [2.45, 2.75) is 39.7 Å². The first-order valence-corrected chi connectivity index (χ1v) is 8.18. The smallest absolute Gasteiger partial charge is 0.219 e. The molecule has 0 spiro atoms. The summed E-state index contributed by atoms with van der Waals surface area (Å²) in [4.78, 5) is 20.3. The van der Waals surface area contributed by atoms with Crippen molar-refractivity contribution in [1.29, 1.82) is 0 Å². The van der Waals surface area contributed by atoms with E-state index in [0.29, 0.717) is 6.54 Å². The topological polar surface area (TPSA) is 65.1 Å². The number of aryl methyl sites for hydroxylation is 2. The van der Waals surface area contributed by atoms with Crippen molar-refractivity contribution in [3.8, 4) is 0 Å². The average molecular weight is 311 g/mol. The van der Waals surface area contributed by atoms with Crippen LogP contribution in [-0.2, 0) is 24.2 Å². The molecule has 4 heterocycles. The van der Waals surface area contributed by atoms with E-state index in [1.54, 1.807) is 6.92 Å². The van der Waals surface area contributed by atoms with Gasteiger partial charge in [0.25, 0.3) is 0 Å². The number of rotatable bonds is 1. The van der Waals surface area contributed by atoms with Gasteiger partial charge in [-0.1, -0.05) is 0 Å². The van der Waals surface area contributed by atoms with Crippen molar-refractivity contribution in [3.63, 3.8) is 0 Å². The molecule has 0 aliphatic carbocycles. The second kappa shape index (κ2) is 5.37. The van der Waals surface area contributed by atoms with E-state index < -0.39 is 0 Å². The number of hydrogen-bond donors (Lipinski definition) is 1. The van der Waals surface area contributed by atoms with Crippen molar-refractivity contribution >= 4 is 17.4 Å². The van der Waals surface area contributed by atoms with Crippen LogP contribution >= 0.6 is 0 Å². The number of amides is 1. The van der Waals surface area contributed by atoms with Crippen LogP contribution in [0.5, 0.6) is 0 Å². The SMILES string of the molecule is CC(=O)N1CCc2[nH]nc(N3CCCc4cnc(C)cc43)c2C1. The summed E-state index contributed by atoms with van der Waals surface area (Å²) in [5, 5.41) is 7.77. The van der Waals surface area contributed by atoms with Gasteiger partial charge >= 0.3 is 0 Å². The van der Waals surface area contributed by atoms with Crippen LogP contribution in [-0.4, -0.2) is 39.1 Å². The number of carbonyl (C=O) groups excluding carboxylic acids is 1. The van der Waals surface area contributed by atoms with E-state index in [0.717, 1.165) is 55.1 Å². The molecule has 0 radical (unpaired) electrons. The van der Waals surface area contributed by atoms with E-state index in [-0.39, 0.29) is 5.91 Å². The summed E-state index contributed by atoms with van der Waals surface area (Å²) < 4.78 is 0. The van der Waals surface area contributed by atoms with Gasteiger partial charge in [0.15, 0.2) is 5.82 Å². The second-order valence-electron chi connectivity index (χ2n) is 6.40. The molecule has 0 saturated carbocycles. The Labute approximate surface area is 135 Å². The number of H-pyrrole nitrogens is 1. The normalized spacial score (nSPS) is 17.0. The maximum absolute atomic E-state index is 11.7. The molecule has 0 aromatic carbocycles. The number of aromatic amines is 1. The van der Waals surface area contributed by atoms with Crippen molar-refractivity contribution < 1.29 is 4.79 Å². The van der Waals surface area contributed by atoms with Crippen LogP contribution in [0.3, 0.4) is 0 Å². The number of aromatic nitrogens is 3. The van der Waals surface area contributed by atoms with Crippen LogP contribution in [0.1, 0.15) is 35.9 Å². The molecule has 1 amide bonds. The summed E-state index contributed by atoms with van der Waals surface area (Å²) >= 11 is 0. The maximum atomic E-state index is 11.7. The Kier molecular flexibility index (Phi) is 3.32. The Morgan fingerprint density at radius 2 is 2.17 bits per heavy atom. The van der Waals surface area contributed by atoms with Crippen molar-refractivity contribution in [2.24, 2.45) is 0 Å². The predicted molar refractivity (Wildman–Crippen MR) is 87.7 cm³/mol. The molecule has 0 unspecified atom stereocenters. The van der Waals surface area contributed by atoms with Gasteiger partial charge in [0.1, 0.15) is 0 Å². The lowest BCUT2D eigenvalue weighted by Gasteiger charge is -2.32. The lowest BCUT2D eigenvalue weighted by Crippen LogP contribution is -2.35. The fourth-order valence-corrected chi connectivity index (χ4v) is 3.56. The summed E-state index contributed by atoms with van der Waals surface area (Å²) in [6.07, 6.45) is 4.98. The quantitative estimate of drug-likeness (QED) is 0.876. The van der Waals surface area contributed by atoms with E-state index >= 15 is 0 Å². The summed E-state index contributed by atoms with van der Waals surface area (Å²) in [6, 6.07) is 2.14. The Morgan fingerprint density at radius 3 is 3.00 bits per heavy atom. The third-order valence-electron chi connectivity index (χ3n) is 4.83. The van der Waals surface area contributed by atoms with Gasteiger partial charge in [-0.15, -0.1) is 0 Å². The molecule has 4 rings (SSSR count). The molecule has 2 aliphatic heterocycles. The molecule has 120 valence electrons.